The first-order chi connectivity index (χ1) is 10.7. The van der Waals surface area contributed by atoms with E-state index in [-0.39, 0.29) is 5.91 Å². The molecule has 22 heavy (non-hydrogen) atoms. The van der Waals surface area contributed by atoms with E-state index in [1.165, 1.54) is 15.3 Å². The molecule has 2 heterocycles. The molecule has 1 aliphatic carbocycles. The van der Waals surface area contributed by atoms with Gasteiger partial charge in [-0.25, -0.2) is 0 Å². The maximum atomic E-state index is 12.3. The Morgan fingerprint density at radius 1 is 1.50 bits per heavy atom. The first-order valence-electron chi connectivity index (χ1n) is 7.93. The zero-order valence-corrected chi connectivity index (χ0v) is 13.7. The van der Waals surface area contributed by atoms with Crippen molar-refractivity contribution in [1.82, 2.24) is 0 Å². The minimum Gasteiger partial charge on any atom is -0.370 e. The van der Waals surface area contributed by atoms with Crippen molar-refractivity contribution in [2.75, 3.05) is 38.2 Å². The number of rotatable bonds is 3. The van der Waals surface area contributed by atoms with E-state index in [2.05, 4.69) is 18.3 Å². The van der Waals surface area contributed by atoms with Crippen LogP contribution in [0.1, 0.15) is 29.3 Å². The second kappa shape index (κ2) is 6.78. The molecule has 0 unspecified atom stereocenters. The number of nitrogens with zero attached hydrogens (tertiary/aromatic N) is 1. The molecule has 3 rings (SSSR count). The van der Waals surface area contributed by atoms with Crippen LogP contribution in [0.2, 0.25) is 0 Å². The maximum absolute atomic E-state index is 12.3. The highest BCUT2D eigenvalue weighted by Crippen LogP contribution is 2.39. The standard InChI is InChI=1S/C16H21N3O2S/c1-11-2-3-12-13(9-17)16(22-14(12)8-11)18-15(20)10-19-4-6-21-7-5-19/h11H,2-8,10H2,1H3,(H,18,20)/p+1/t11-/m0/s1. The van der Waals surface area contributed by atoms with Gasteiger partial charge in [0.25, 0.3) is 5.91 Å². The van der Waals surface area contributed by atoms with Crippen molar-refractivity contribution in [1.29, 1.82) is 5.26 Å². The van der Waals surface area contributed by atoms with Crippen molar-refractivity contribution in [2.45, 2.75) is 26.2 Å². The second-order valence-electron chi connectivity index (χ2n) is 6.26. The van der Waals surface area contributed by atoms with Crippen LogP contribution in [0.25, 0.3) is 0 Å². The van der Waals surface area contributed by atoms with Crippen molar-refractivity contribution in [2.24, 2.45) is 5.92 Å². The summed E-state index contributed by atoms with van der Waals surface area (Å²) in [5.41, 5.74) is 1.86. The molecule has 0 spiro atoms. The molecule has 1 aromatic heterocycles. The van der Waals surface area contributed by atoms with Gasteiger partial charge in [-0.1, -0.05) is 6.92 Å². The average Bonchev–Trinajstić information content (AvgIpc) is 2.84. The fraction of sp³-hybridized carbons (Fsp3) is 0.625. The summed E-state index contributed by atoms with van der Waals surface area (Å²) in [5.74, 6) is 0.666. The highest BCUT2D eigenvalue weighted by molar-refractivity contribution is 7.16. The quantitative estimate of drug-likeness (QED) is 0.857. The summed E-state index contributed by atoms with van der Waals surface area (Å²) in [6, 6.07) is 2.30. The third kappa shape index (κ3) is 3.32. The number of anilines is 1. The third-order valence-electron chi connectivity index (χ3n) is 4.49. The lowest BCUT2D eigenvalue weighted by Crippen LogP contribution is -3.15. The minimum atomic E-state index is 0.0000420. The molecule has 1 atom stereocenters. The molecule has 2 aliphatic rings. The van der Waals surface area contributed by atoms with Gasteiger partial charge in [-0.3, -0.25) is 4.79 Å². The second-order valence-corrected chi connectivity index (χ2v) is 7.36. The van der Waals surface area contributed by atoms with Crippen LogP contribution in [0, 0.1) is 17.2 Å². The number of carbonyl (C=O) groups is 1. The van der Waals surface area contributed by atoms with Gasteiger partial charge in [-0.05, 0) is 30.7 Å². The largest absolute Gasteiger partial charge is 0.370 e. The highest BCUT2D eigenvalue weighted by atomic mass is 32.1. The Balaban J connectivity index is 1.69. The Bertz CT molecular complexity index is 599. The summed E-state index contributed by atoms with van der Waals surface area (Å²) in [7, 11) is 0. The molecule has 1 aliphatic heterocycles. The number of carbonyl (C=O) groups excluding carboxylic acids is 1. The lowest BCUT2D eigenvalue weighted by Gasteiger charge is -2.22. The van der Waals surface area contributed by atoms with Crippen molar-refractivity contribution < 1.29 is 14.4 Å². The third-order valence-corrected chi connectivity index (χ3v) is 5.66. The normalized spacial score (nSPS) is 21.9. The van der Waals surface area contributed by atoms with Gasteiger partial charge in [0.15, 0.2) is 6.54 Å². The van der Waals surface area contributed by atoms with E-state index in [1.807, 2.05) is 0 Å². The van der Waals surface area contributed by atoms with Gasteiger partial charge in [-0.2, -0.15) is 5.26 Å². The number of morpholine rings is 1. The molecule has 1 fully saturated rings. The van der Waals surface area contributed by atoms with E-state index < -0.39 is 0 Å². The number of nitriles is 1. The molecular formula is C16H22N3O2S+. The smallest absolute Gasteiger partial charge is 0.280 e. The number of quaternary nitrogens is 1. The molecule has 1 amide bonds. The predicted molar refractivity (Wildman–Crippen MR) is 85.2 cm³/mol. The number of ether oxygens (including phenoxy) is 1. The molecule has 5 nitrogen and oxygen atoms in total. The predicted octanol–water partition coefficient (Wildman–Crippen LogP) is 0.598. The number of nitrogens with one attached hydrogen (secondary N) is 2. The van der Waals surface area contributed by atoms with Gasteiger partial charge >= 0.3 is 0 Å². The summed E-state index contributed by atoms with van der Waals surface area (Å²) in [4.78, 5) is 14.8. The van der Waals surface area contributed by atoms with Gasteiger partial charge in [-0.15, -0.1) is 11.3 Å². The Morgan fingerprint density at radius 3 is 3.00 bits per heavy atom. The van der Waals surface area contributed by atoms with Crippen LogP contribution in [0.3, 0.4) is 0 Å². The number of amides is 1. The lowest BCUT2D eigenvalue weighted by atomic mass is 9.89. The summed E-state index contributed by atoms with van der Waals surface area (Å²) in [5, 5.41) is 13.2. The molecule has 0 radical (unpaired) electrons. The molecule has 6 heteroatoms. The van der Waals surface area contributed by atoms with Crippen molar-refractivity contribution in [3.05, 3.63) is 16.0 Å². The lowest BCUT2D eigenvalue weighted by molar-refractivity contribution is -0.899. The van der Waals surface area contributed by atoms with E-state index in [0.717, 1.165) is 50.6 Å². The van der Waals surface area contributed by atoms with Crippen LogP contribution >= 0.6 is 11.3 Å². The van der Waals surface area contributed by atoms with Crippen molar-refractivity contribution in [3.8, 4) is 6.07 Å². The molecule has 0 saturated carbocycles. The molecule has 1 aromatic rings. The minimum absolute atomic E-state index is 0.0000420. The molecule has 1 saturated heterocycles. The Labute approximate surface area is 134 Å². The Morgan fingerprint density at radius 2 is 2.27 bits per heavy atom. The molecule has 2 N–H and O–H groups in total. The zero-order valence-electron chi connectivity index (χ0n) is 12.9. The topological polar surface area (TPSA) is 66.6 Å². The maximum Gasteiger partial charge on any atom is 0.280 e. The van der Waals surface area contributed by atoms with Gasteiger partial charge in [0.1, 0.15) is 24.2 Å². The van der Waals surface area contributed by atoms with Crippen molar-refractivity contribution >= 4 is 22.2 Å². The van der Waals surface area contributed by atoms with Crippen molar-refractivity contribution in [3.63, 3.8) is 0 Å². The van der Waals surface area contributed by atoms with Gasteiger partial charge in [0.05, 0.1) is 18.8 Å². The molecule has 118 valence electrons. The fourth-order valence-corrected chi connectivity index (χ4v) is 4.57. The van der Waals surface area contributed by atoms with E-state index in [9.17, 15) is 10.1 Å². The van der Waals surface area contributed by atoms with Crippen LogP contribution in [0.4, 0.5) is 5.00 Å². The molecule has 0 bridgehead atoms. The van der Waals surface area contributed by atoms with Crippen LogP contribution < -0.4 is 10.2 Å². The SMILES string of the molecule is C[C@H]1CCc2c(sc(NC(=O)C[NH+]3CCOCC3)c2C#N)C1. The number of hydrogen-bond donors (Lipinski definition) is 2. The average molecular weight is 320 g/mol. The number of fused-ring (bicyclic) bond motifs is 1. The first-order valence-corrected chi connectivity index (χ1v) is 8.74. The summed E-state index contributed by atoms with van der Waals surface area (Å²) in [6.07, 6.45) is 3.11. The van der Waals surface area contributed by atoms with Crippen LogP contribution in [0.5, 0.6) is 0 Å². The van der Waals surface area contributed by atoms with E-state index in [0.29, 0.717) is 18.0 Å². The summed E-state index contributed by atoms with van der Waals surface area (Å²) in [6.45, 7) is 5.88. The highest BCUT2D eigenvalue weighted by Gasteiger charge is 2.25. The molecule has 0 aromatic carbocycles. The monoisotopic (exact) mass is 320 g/mol. The van der Waals surface area contributed by atoms with Gasteiger partial charge in [0.2, 0.25) is 0 Å². The van der Waals surface area contributed by atoms with Gasteiger partial charge in [0, 0.05) is 4.88 Å². The Kier molecular flexibility index (Phi) is 4.77. The molecular weight excluding hydrogens is 298 g/mol. The number of hydrogen-bond acceptors (Lipinski definition) is 4. The summed E-state index contributed by atoms with van der Waals surface area (Å²) >= 11 is 1.59. The fourth-order valence-electron chi connectivity index (χ4n) is 3.19. The number of thiophene rings is 1. The van der Waals surface area contributed by atoms with Crippen LogP contribution in [-0.4, -0.2) is 38.8 Å². The van der Waals surface area contributed by atoms with E-state index in [1.54, 1.807) is 11.3 Å². The van der Waals surface area contributed by atoms with Crippen LogP contribution in [-0.2, 0) is 22.4 Å². The zero-order chi connectivity index (χ0) is 15.5. The van der Waals surface area contributed by atoms with E-state index in [4.69, 9.17) is 4.74 Å². The first kappa shape index (κ1) is 15.5. The van der Waals surface area contributed by atoms with Crippen LogP contribution in [0.15, 0.2) is 0 Å². The summed E-state index contributed by atoms with van der Waals surface area (Å²) < 4.78 is 5.31. The Hall–Kier alpha value is -1.42. The van der Waals surface area contributed by atoms with Gasteiger partial charge < -0.3 is 15.0 Å². The van der Waals surface area contributed by atoms with E-state index >= 15 is 0 Å².